The van der Waals surface area contributed by atoms with Crippen LogP contribution in [0.25, 0.3) is 10.9 Å². The third-order valence-electron chi connectivity index (χ3n) is 4.07. The van der Waals surface area contributed by atoms with Crippen LogP contribution in [-0.4, -0.2) is 61.8 Å². The van der Waals surface area contributed by atoms with Crippen molar-refractivity contribution in [3.63, 3.8) is 0 Å². The van der Waals surface area contributed by atoms with Gasteiger partial charge in [0.05, 0.1) is 18.7 Å². The summed E-state index contributed by atoms with van der Waals surface area (Å²) in [4.78, 5) is 14.4. The van der Waals surface area contributed by atoms with Gasteiger partial charge in [0, 0.05) is 31.5 Å². The summed E-state index contributed by atoms with van der Waals surface area (Å²) in [5.74, 6) is -0.0459. The molecule has 1 aromatic carbocycles. The minimum Gasteiger partial charge on any atom is -0.378 e. The van der Waals surface area contributed by atoms with Gasteiger partial charge >= 0.3 is 0 Å². The molecule has 2 N–H and O–H groups in total. The lowest BCUT2D eigenvalue weighted by atomic mass is 10.2. The molecule has 1 aromatic heterocycles. The fraction of sp³-hybridized carbons (Fsp3) is 0.471. The first kappa shape index (κ1) is 21.7. The van der Waals surface area contributed by atoms with E-state index in [-0.39, 0.29) is 36.8 Å². The maximum absolute atomic E-state index is 12.3. The molecular weight excluding hydrogens is 363 g/mol. The van der Waals surface area contributed by atoms with Crippen LogP contribution in [0.3, 0.4) is 0 Å². The smallest absolute Gasteiger partial charge is 0.243 e. The summed E-state index contributed by atoms with van der Waals surface area (Å²) in [7, 11) is 4.13. The number of fused-ring (bicyclic) bond motifs is 1. The van der Waals surface area contributed by atoms with Crippen molar-refractivity contribution in [2.24, 2.45) is 0 Å². The van der Waals surface area contributed by atoms with E-state index < -0.39 is 0 Å². The van der Waals surface area contributed by atoms with Crippen molar-refractivity contribution in [2.75, 3.05) is 45.7 Å². The molecule has 1 unspecified atom stereocenters. The van der Waals surface area contributed by atoms with Gasteiger partial charge in [0.1, 0.15) is 6.04 Å². The summed E-state index contributed by atoms with van der Waals surface area (Å²) >= 11 is 0. The average molecular weight is 389 g/mol. The second kappa shape index (κ2) is 9.99. The number of benzene rings is 1. The number of anilines is 1. The van der Waals surface area contributed by atoms with Gasteiger partial charge in [-0.3, -0.25) is 4.79 Å². The zero-order valence-electron chi connectivity index (χ0n) is 14.5. The van der Waals surface area contributed by atoms with Crippen LogP contribution >= 0.6 is 24.8 Å². The first-order chi connectivity index (χ1) is 11.1. The number of aromatic nitrogens is 1. The Morgan fingerprint density at radius 1 is 1.36 bits per heavy atom. The molecule has 2 aromatic rings. The molecule has 0 saturated carbocycles. The summed E-state index contributed by atoms with van der Waals surface area (Å²) in [6.45, 7) is 3.70. The molecule has 0 aliphatic carbocycles. The highest BCUT2D eigenvalue weighted by Crippen LogP contribution is 2.21. The van der Waals surface area contributed by atoms with Crippen molar-refractivity contribution in [1.29, 1.82) is 0 Å². The van der Waals surface area contributed by atoms with Crippen molar-refractivity contribution in [3.8, 4) is 0 Å². The Bertz CT molecular complexity index is 684. The highest BCUT2D eigenvalue weighted by Gasteiger charge is 2.21. The zero-order valence-corrected chi connectivity index (χ0v) is 16.2. The zero-order chi connectivity index (χ0) is 16.2. The summed E-state index contributed by atoms with van der Waals surface area (Å²) in [5, 5.41) is 7.33. The monoisotopic (exact) mass is 388 g/mol. The van der Waals surface area contributed by atoms with Gasteiger partial charge in [-0.25, -0.2) is 0 Å². The summed E-state index contributed by atoms with van der Waals surface area (Å²) in [6.07, 6.45) is 2.09. The van der Waals surface area contributed by atoms with Crippen molar-refractivity contribution in [1.82, 2.24) is 14.8 Å². The number of carbonyl (C=O) groups excluding carboxylic acids is 1. The van der Waals surface area contributed by atoms with E-state index in [0.717, 1.165) is 24.3 Å². The van der Waals surface area contributed by atoms with Crippen LogP contribution in [0.5, 0.6) is 0 Å². The Morgan fingerprint density at radius 2 is 2.16 bits per heavy atom. The van der Waals surface area contributed by atoms with E-state index in [1.165, 1.54) is 5.39 Å². The number of nitrogens with zero attached hydrogens (tertiary/aromatic N) is 2. The first-order valence-electron chi connectivity index (χ1n) is 7.99. The quantitative estimate of drug-likeness (QED) is 0.821. The fourth-order valence-corrected chi connectivity index (χ4v) is 2.73. The Hall–Kier alpha value is -1.31. The molecule has 3 rings (SSSR count). The lowest BCUT2D eigenvalue weighted by molar-refractivity contribution is -0.120. The van der Waals surface area contributed by atoms with Crippen LogP contribution in [-0.2, 0) is 16.1 Å². The Morgan fingerprint density at radius 3 is 2.84 bits per heavy atom. The molecule has 8 heteroatoms. The van der Waals surface area contributed by atoms with Crippen LogP contribution in [0.15, 0.2) is 30.5 Å². The molecular formula is C17H26Cl2N4O2. The fourth-order valence-electron chi connectivity index (χ4n) is 2.73. The molecule has 0 spiro atoms. The maximum atomic E-state index is 12.3. The van der Waals surface area contributed by atoms with Crippen LogP contribution in [0.2, 0.25) is 0 Å². The largest absolute Gasteiger partial charge is 0.378 e. The van der Waals surface area contributed by atoms with Crippen molar-refractivity contribution < 1.29 is 9.53 Å². The Kier molecular flexibility index (Phi) is 8.68. The molecule has 0 radical (unpaired) electrons. The normalized spacial score (nSPS) is 17.0. The number of nitrogens with one attached hydrogen (secondary N) is 2. The molecule has 1 amide bonds. The number of hydrogen-bond acceptors (Lipinski definition) is 4. The van der Waals surface area contributed by atoms with Gasteiger partial charge in [0.15, 0.2) is 0 Å². The Balaban J connectivity index is 0.00000156. The number of ether oxygens (including phenoxy) is 1. The van der Waals surface area contributed by atoms with Gasteiger partial charge < -0.3 is 24.8 Å². The summed E-state index contributed by atoms with van der Waals surface area (Å²) in [5.41, 5.74) is 1.96. The molecule has 2 heterocycles. The Labute approximate surface area is 160 Å². The predicted octanol–water partition coefficient (Wildman–Crippen LogP) is 1.97. The summed E-state index contributed by atoms with van der Waals surface area (Å²) in [6, 6.07) is 7.85. The molecule has 25 heavy (non-hydrogen) atoms. The number of hydrogen-bond donors (Lipinski definition) is 2. The van der Waals surface area contributed by atoms with Crippen LogP contribution < -0.4 is 10.6 Å². The van der Waals surface area contributed by atoms with Crippen molar-refractivity contribution in [3.05, 3.63) is 30.5 Å². The van der Waals surface area contributed by atoms with Crippen LogP contribution in [0, 0.1) is 0 Å². The molecule has 0 bridgehead atoms. The number of morpholine rings is 1. The average Bonchev–Trinajstić information content (AvgIpc) is 2.96. The molecule has 1 aliphatic rings. The van der Waals surface area contributed by atoms with Crippen molar-refractivity contribution >= 4 is 47.3 Å². The van der Waals surface area contributed by atoms with Crippen LogP contribution in [0.1, 0.15) is 0 Å². The SMILES string of the molecule is CN(C)CCn1ccc2ccc(NC(=O)C3COCCN3)cc21.Cl.Cl. The molecule has 6 nitrogen and oxygen atoms in total. The van der Waals surface area contributed by atoms with E-state index in [4.69, 9.17) is 4.74 Å². The first-order valence-corrected chi connectivity index (χ1v) is 7.99. The minimum atomic E-state index is -0.278. The van der Waals surface area contributed by atoms with E-state index >= 15 is 0 Å². The van der Waals surface area contributed by atoms with E-state index in [1.807, 2.05) is 18.2 Å². The number of halogens is 2. The van der Waals surface area contributed by atoms with Crippen LogP contribution in [0.4, 0.5) is 5.69 Å². The van der Waals surface area contributed by atoms with Gasteiger partial charge in [0.25, 0.3) is 0 Å². The second-order valence-corrected chi connectivity index (χ2v) is 6.16. The number of rotatable bonds is 5. The van der Waals surface area contributed by atoms with Gasteiger partial charge in [-0.2, -0.15) is 0 Å². The third kappa shape index (κ3) is 5.59. The predicted molar refractivity (Wildman–Crippen MR) is 106 cm³/mol. The van der Waals surface area contributed by atoms with Gasteiger partial charge in [0.2, 0.25) is 5.91 Å². The van der Waals surface area contributed by atoms with E-state index in [1.54, 1.807) is 0 Å². The van der Waals surface area contributed by atoms with Gasteiger partial charge in [-0.15, -0.1) is 24.8 Å². The van der Waals surface area contributed by atoms with Gasteiger partial charge in [-0.1, -0.05) is 6.07 Å². The number of amides is 1. The molecule has 1 fully saturated rings. The van der Waals surface area contributed by atoms with E-state index in [0.29, 0.717) is 19.8 Å². The third-order valence-corrected chi connectivity index (χ3v) is 4.07. The van der Waals surface area contributed by atoms with E-state index in [9.17, 15) is 4.79 Å². The van der Waals surface area contributed by atoms with Gasteiger partial charge in [-0.05, 0) is 37.7 Å². The minimum absolute atomic E-state index is 0. The molecule has 1 saturated heterocycles. The molecule has 140 valence electrons. The molecule has 1 atom stereocenters. The number of carbonyl (C=O) groups is 1. The maximum Gasteiger partial charge on any atom is 0.243 e. The summed E-state index contributed by atoms with van der Waals surface area (Å²) < 4.78 is 7.56. The standard InChI is InChI=1S/C17H24N4O2.2ClH/c1-20(2)8-9-21-7-5-13-3-4-14(11-16(13)21)19-17(22)15-12-23-10-6-18-15;;/h3-5,7,11,15,18H,6,8-10,12H2,1-2H3,(H,19,22);2*1H. The molecule has 1 aliphatic heterocycles. The lowest BCUT2D eigenvalue weighted by Gasteiger charge is -2.23. The van der Waals surface area contributed by atoms with E-state index in [2.05, 4.69) is 46.5 Å². The van der Waals surface area contributed by atoms with Crippen molar-refractivity contribution in [2.45, 2.75) is 12.6 Å². The topological polar surface area (TPSA) is 58.5 Å². The highest BCUT2D eigenvalue weighted by atomic mass is 35.5. The number of likely N-dealkylation sites (N-methyl/N-ethyl adjacent to an activating group) is 1. The highest BCUT2D eigenvalue weighted by molar-refractivity contribution is 5.97. The lowest BCUT2D eigenvalue weighted by Crippen LogP contribution is -2.48. The second-order valence-electron chi connectivity index (χ2n) is 6.16.